The van der Waals surface area contributed by atoms with Gasteiger partial charge in [-0.2, -0.15) is 0 Å². The van der Waals surface area contributed by atoms with E-state index in [-0.39, 0.29) is 15.8 Å². The van der Waals surface area contributed by atoms with Crippen LogP contribution >= 0.6 is 22.9 Å². The minimum absolute atomic E-state index is 0.111. The van der Waals surface area contributed by atoms with Gasteiger partial charge in [0.05, 0.1) is 12.8 Å². The maximum atomic E-state index is 12.7. The van der Waals surface area contributed by atoms with Gasteiger partial charge >= 0.3 is 0 Å². The van der Waals surface area contributed by atoms with Gasteiger partial charge in [0.2, 0.25) is 5.91 Å². The number of amides is 1. The van der Waals surface area contributed by atoms with Crippen LogP contribution in [0.25, 0.3) is 12.2 Å². The van der Waals surface area contributed by atoms with Crippen molar-refractivity contribution in [2.75, 3.05) is 17.1 Å². The minimum atomic E-state index is -3.84. The predicted octanol–water partition coefficient (Wildman–Crippen LogP) is 4.64. The molecule has 11 heteroatoms. The van der Waals surface area contributed by atoms with Crippen molar-refractivity contribution in [2.45, 2.75) is 18.1 Å². The molecule has 3 rings (SSSR count). The Kier molecular flexibility index (Phi) is 6.49. The number of rotatable bonds is 7. The molecule has 30 heavy (non-hydrogen) atoms. The van der Waals surface area contributed by atoms with Crippen LogP contribution in [0.2, 0.25) is 5.02 Å². The van der Waals surface area contributed by atoms with Crippen molar-refractivity contribution in [3.63, 3.8) is 0 Å². The lowest BCUT2D eigenvalue weighted by atomic mass is 10.2. The number of nitrogens with one attached hydrogen (secondary N) is 2. The van der Waals surface area contributed by atoms with Crippen LogP contribution in [0.4, 0.5) is 11.4 Å². The van der Waals surface area contributed by atoms with Crippen molar-refractivity contribution in [1.29, 1.82) is 0 Å². The van der Waals surface area contributed by atoms with E-state index in [2.05, 4.69) is 15.2 Å². The molecule has 2 aromatic heterocycles. The Hall–Kier alpha value is -2.82. The normalized spacial score (nSPS) is 11.6. The number of anilines is 2. The van der Waals surface area contributed by atoms with Gasteiger partial charge in [0.15, 0.2) is 5.76 Å². The molecular formula is C19H18ClN3O5S2. The van der Waals surface area contributed by atoms with E-state index in [0.717, 1.165) is 11.3 Å². The molecule has 3 aromatic rings. The third-order valence-corrected chi connectivity index (χ3v) is 7.00. The molecule has 0 aliphatic heterocycles. The first-order valence-corrected chi connectivity index (χ1v) is 11.3. The van der Waals surface area contributed by atoms with Gasteiger partial charge in [-0.25, -0.2) is 8.42 Å². The van der Waals surface area contributed by atoms with Crippen molar-refractivity contribution in [1.82, 2.24) is 5.16 Å². The Labute approximate surface area is 182 Å². The highest BCUT2D eigenvalue weighted by Crippen LogP contribution is 2.32. The van der Waals surface area contributed by atoms with Crippen LogP contribution in [0, 0.1) is 6.92 Å². The molecule has 2 heterocycles. The number of aryl methyl sites for hydroxylation is 1. The van der Waals surface area contributed by atoms with E-state index in [0.29, 0.717) is 32.8 Å². The fourth-order valence-electron chi connectivity index (χ4n) is 2.51. The highest BCUT2D eigenvalue weighted by Gasteiger charge is 2.19. The second kappa shape index (κ2) is 8.90. The lowest BCUT2D eigenvalue weighted by molar-refractivity contribution is -0.114. The van der Waals surface area contributed by atoms with E-state index in [1.807, 2.05) is 0 Å². The zero-order valence-corrected chi connectivity index (χ0v) is 18.6. The summed E-state index contributed by atoms with van der Waals surface area (Å²) in [6.45, 7) is 3.09. The number of thiophene rings is 1. The van der Waals surface area contributed by atoms with Crippen LogP contribution in [0.3, 0.4) is 0 Å². The van der Waals surface area contributed by atoms with E-state index in [1.165, 1.54) is 26.2 Å². The smallest absolute Gasteiger partial charge is 0.271 e. The largest absolute Gasteiger partial charge is 0.495 e. The fraction of sp³-hybridized carbons (Fsp3) is 0.158. The average molecular weight is 468 g/mol. The van der Waals surface area contributed by atoms with Crippen molar-refractivity contribution in [3.05, 3.63) is 51.7 Å². The van der Waals surface area contributed by atoms with Gasteiger partial charge in [0, 0.05) is 16.8 Å². The van der Waals surface area contributed by atoms with Crippen molar-refractivity contribution in [2.24, 2.45) is 0 Å². The molecule has 0 atom stereocenters. The Morgan fingerprint density at radius 2 is 2.03 bits per heavy atom. The maximum absolute atomic E-state index is 12.7. The number of nitrogens with zero attached hydrogens (tertiary/aromatic N) is 1. The molecule has 0 bridgehead atoms. The summed E-state index contributed by atoms with van der Waals surface area (Å²) >= 11 is 7.02. The molecule has 0 spiro atoms. The third kappa shape index (κ3) is 5.02. The summed E-state index contributed by atoms with van der Waals surface area (Å²) in [4.78, 5) is 12.0. The first-order valence-electron chi connectivity index (χ1n) is 8.58. The summed E-state index contributed by atoms with van der Waals surface area (Å²) in [6, 6.07) is 7.81. The molecule has 0 saturated heterocycles. The molecule has 1 aromatic carbocycles. The maximum Gasteiger partial charge on any atom is 0.271 e. The van der Waals surface area contributed by atoms with Crippen LogP contribution < -0.4 is 14.8 Å². The number of hydrogen-bond donors (Lipinski definition) is 2. The summed E-state index contributed by atoms with van der Waals surface area (Å²) in [5.74, 6) is 0.469. The summed E-state index contributed by atoms with van der Waals surface area (Å²) in [5.41, 5.74) is 1.25. The van der Waals surface area contributed by atoms with Gasteiger partial charge in [0.1, 0.15) is 21.3 Å². The van der Waals surface area contributed by atoms with Crippen molar-refractivity contribution >= 4 is 62.4 Å². The molecule has 1 amide bonds. The summed E-state index contributed by atoms with van der Waals surface area (Å²) in [5, 5.41) is 6.86. The number of benzene rings is 1. The van der Waals surface area contributed by atoms with E-state index in [4.69, 9.17) is 20.9 Å². The zero-order valence-electron chi connectivity index (χ0n) is 16.2. The molecule has 8 nitrogen and oxygen atoms in total. The van der Waals surface area contributed by atoms with Crippen molar-refractivity contribution < 1.29 is 22.5 Å². The van der Waals surface area contributed by atoms with Crippen LogP contribution in [0.5, 0.6) is 5.75 Å². The quantitative estimate of drug-likeness (QED) is 0.523. The van der Waals surface area contributed by atoms with E-state index in [9.17, 15) is 13.2 Å². The van der Waals surface area contributed by atoms with E-state index in [1.54, 1.807) is 37.3 Å². The Bertz CT molecular complexity index is 1210. The van der Waals surface area contributed by atoms with E-state index >= 15 is 0 Å². The molecule has 2 N–H and O–H groups in total. The number of carbonyl (C=O) groups excluding carboxylic acids is 1. The zero-order chi connectivity index (χ0) is 21.9. The average Bonchev–Trinajstić information content (AvgIpc) is 3.28. The number of ether oxygens (including phenoxy) is 1. The van der Waals surface area contributed by atoms with Crippen LogP contribution in [-0.4, -0.2) is 26.6 Å². The summed E-state index contributed by atoms with van der Waals surface area (Å²) < 4.78 is 38.5. The first-order chi connectivity index (χ1) is 14.2. The van der Waals surface area contributed by atoms with Gasteiger partial charge in [-0.3, -0.25) is 9.52 Å². The summed E-state index contributed by atoms with van der Waals surface area (Å²) in [7, 11) is -2.40. The van der Waals surface area contributed by atoms with Gasteiger partial charge in [-0.05, 0) is 49.4 Å². The molecule has 0 radical (unpaired) electrons. The number of sulfonamides is 1. The highest BCUT2D eigenvalue weighted by atomic mass is 35.5. The van der Waals surface area contributed by atoms with Crippen LogP contribution in [0.1, 0.15) is 23.3 Å². The second-order valence-electron chi connectivity index (χ2n) is 6.13. The standard InChI is InChI=1S/C19H18ClN3O5S2/c1-11-19(21-12(2)24)17(28-22-11)8-5-14-6-9-18(29-14)30(25,26)23-15-10-13(20)4-7-16(15)27-3/h4-10,23H,1-3H3,(H,21,24)/b8-5+. The molecule has 158 valence electrons. The molecule has 0 fully saturated rings. The van der Waals surface area contributed by atoms with Crippen LogP contribution in [0.15, 0.2) is 39.1 Å². The van der Waals surface area contributed by atoms with Crippen LogP contribution in [-0.2, 0) is 14.8 Å². The molecule has 0 aliphatic carbocycles. The minimum Gasteiger partial charge on any atom is -0.495 e. The number of aromatic nitrogens is 1. The SMILES string of the molecule is COc1ccc(Cl)cc1NS(=O)(=O)c1ccc(/C=C/c2onc(C)c2NC(C)=O)s1. The Morgan fingerprint density at radius 1 is 1.27 bits per heavy atom. The monoisotopic (exact) mass is 467 g/mol. The van der Waals surface area contributed by atoms with E-state index < -0.39 is 10.0 Å². The van der Waals surface area contributed by atoms with Gasteiger partial charge < -0.3 is 14.6 Å². The second-order valence-corrected chi connectivity index (χ2v) is 9.59. The van der Waals surface area contributed by atoms with Gasteiger partial charge in [0.25, 0.3) is 10.0 Å². The highest BCUT2D eigenvalue weighted by molar-refractivity contribution is 7.94. The summed E-state index contributed by atoms with van der Waals surface area (Å²) in [6.07, 6.45) is 3.29. The first kappa shape index (κ1) is 21.9. The number of carbonyl (C=O) groups is 1. The lowest BCUT2D eigenvalue weighted by Gasteiger charge is -2.11. The molecule has 0 aliphatic rings. The van der Waals surface area contributed by atoms with Crippen molar-refractivity contribution in [3.8, 4) is 5.75 Å². The number of hydrogen-bond acceptors (Lipinski definition) is 7. The number of methoxy groups -OCH3 is 1. The lowest BCUT2D eigenvalue weighted by Crippen LogP contribution is -2.12. The Morgan fingerprint density at radius 3 is 2.73 bits per heavy atom. The molecular weight excluding hydrogens is 450 g/mol. The van der Waals surface area contributed by atoms with Gasteiger partial charge in [-0.1, -0.05) is 16.8 Å². The number of halogens is 1. The third-order valence-electron chi connectivity index (χ3n) is 3.86. The molecule has 0 saturated carbocycles. The topological polar surface area (TPSA) is 111 Å². The predicted molar refractivity (Wildman–Crippen MR) is 118 cm³/mol. The van der Waals surface area contributed by atoms with Gasteiger partial charge in [-0.15, -0.1) is 11.3 Å². The fourth-order valence-corrected chi connectivity index (χ4v) is 4.97. The Balaban J connectivity index is 1.82. The molecule has 0 unspecified atom stereocenters.